The number of likely N-dealkylation sites (N-methyl/N-ethyl adjacent to an activating group) is 1. The van der Waals surface area contributed by atoms with Gasteiger partial charge in [-0.1, -0.05) is 0 Å². The first-order valence-electron chi connectivity index (χ1n) is 9.73. The molecule has 0 saturated carbocycles. The SMILES string of the molecule is CC(C)N1CCCN(C)C[C@@H]1C.CC1CCN(C(C)C)CCN1. The molecule has 0 spiro atoms. The Morgan fingerprint density at radius 3 is 2.22 bits per heavy atom. The summed E-state index contributed by atoms with van der Waals surface area (Å²) in [6.07, 6.45) is 2.61. The lowest BCUT2D eigenvalue weighted by Gasteiger charge is -2.31. The van der Waals surface area contributed by atoms with Crippen LogP contribution in [0.3, 0.4) is 0 Å². The molecule has 2 aliphatic rings. The topological polar surface area (TPSA) is 21.8 Å². The number of rotatable bonds is 2. The highest BCUT2D eigenvalue weighted by Crippen LogP contribution is 2.11. The van der Waals surface area contributed by atoms with Crippen molar-refractivity contribution in [3.8, 4) is 0 Å². The number of nitrogens with one attached hydrogen (secondary N) is 1. The largest absolute Gasteiger partial charge is 0.313 e. The second kappa shape index (κ2) is 10.7. The van der Waals surface area contributed by atoms with Gasteiger partial charge in [0, 0.05) is 43.8 Å². The number of hydrogen-bond acceptors (Lipinski definition) is 4. The summed E-state index contributed by atoms with van der Waals surface area (Å²) in [6.45, 7) is 21.1. The predicted octanol–water partition coefficient (Wildman–Crippen LogP) is 2.50. The van der Waals surface area contributed by atoms with E-state index in [-0.39, 0.29) is 0 Å². The third-order valence-electron chi connectivity index (χ3n) is 5.23. The molecule has 2 fully saturated rings. The Morgan fingerprint density at radius 1 is 0.913 bits per heavy atom. The van der Waals surface area contributed by atoms with Crippen LogP contribution in [-0.4, -0.2) is 85.2 Å². The van der Waals surface area contributed by atoms with E-state index in [1.807, 2.05) is 0 Å². The van der Waals surface area contributed by atoms with Gasteiger partial charge in [-0.3, -0.25) is 9.80 Å². The summed E-state index contributed by atoms with van der Waals surface area (Å²) in [4.78, 5) is 7.58. The minimum atomic E-state index is 0.700. The Morgan fingerprint density at radius 2 is 1.61 bits per heavy atom. The molecule has 2 atom stereocenters. The molecule has 0 amide bonds. The minimum Gasteiger partial charge on any atom is -0.313 e. The minimum absolute atomic E-state index is 0.700. The van der Waals surface area contributed by atoms with Crippen molar-refractivity contribution in [2.45, 2.75) is 78.6 Å². The fourth-order valence-corrected chi connectivity index (χ4v) is 3.70. The van der Waals surface area contributed by atoms with Crippen molar-refractivity contribution >= 4 is 0 Å². The molecule has 2 rings (SSSR count). The molecular weight excluding hydrogens is 284 g/mol. The summed E-state index contributed by atoms with van der Waals surface area (Å²) in [6, 6.07) is 2.84. The zero-order valence-electron chi connectivity index (χ0n) is 16.8. The van der Waals surface area contributed by atoms with Gasteiger partial charge >= 0.3 is 0 Å². The highest BCUT2D eigenvalue weighted by atomic mass is 15.2. The van der Waals surface area contributed by atoms with Gasteiger partial charge in [0.2, 0.25) is 0 Å². The maximum atomic E-state index is 3.49. The van der Waals surface area contributed by atoms with Crippen LogP contribution in [0.5, 0.6) is 0 Å². The van der Waals surface area contributed by atoms with Crippen LogP contribution in [0.25, 0.3) is 0 Å². The van der Waals surface area contributed by atoms with Crippen LogP contribution in [0.1, 0.15) is 54.4 Å². The Labute approximate surface area is 145 Å². The maximum absolute atomic E-state index is 3.49. The molecule has 0 aromatic rings. The molecule has 0 radical (unpaired) electrons. The highest BCUT2D eigenvalue weighted by Gasteiger charge is 2.21. The highest BCUT2D eigenvalue weighted by molar-refractivity contribution is 4.77. The first-order chi connectivity index (χ1) is 10.8. The van der Waals surface area contributed by atoms with Gasteiger partial charge in [0.25, 0.3) is 0 Å². The first kappa shape index (κ1) is 20.9. The predicted molar refractivity (Wildman–Crippen MR) is 102 cm³/mol. The van der Waals surface area contributed by atoms with Gasteiger partial charge in [0.15, 0.2) is 0 Å². The van der Waals surface area contributed by atoms with Crippen molar-refractivity contribution in [2.24, 2.45) is 0 Å². The van der Waals surface area contributed by atoms with Crippen molar-refractivity contribution < 1.29 is 0 Å². The lowest BCUT2D eigenvalue weighted by Crippen LogP contribution is -2.41. The van der Waals surface area contributed by atoms with Crippen LogP contribution in [0.15, 0.2) is 0 Å². The standard InChI is InChI=1S/C10H22N2.C9H20N2/c1-9(2)12-7-5-6-11(4)8-10(12)3;1-8(2)11-6-4-9(3)10-5-7-11/h9-10H,5-8H2,1-4H3;8-10H,4-7H2,1-3H3/t10-;/m0./s1. The van der Waals surface area contributed by atoms with E-state index in [4.69, 9.17) is 0 Å². The van der Waals surface area contributed by atoms with Gasteiger partial charge < -0.3 is 10.2 Å². The summed E-state index contributed by atoms with van der Waals surface area (Å²) in [5.74, 6) is 0. The average Bonchev–Trinajstić information content (AvgIpc) is 2.77. The van der Waals surface area contributed by atoms with E-state index in [0.717, 1.165) is 12.6 Å². The third kappa shape index (κ3) is 7.97. The van der Waals surface area contributed by atoms with Crippen LogP contribution < -0.4 is 5.32 Å². The second-order valence-corrected chi connectivity index (χ2v) is 8.07. The molecule has 0 aliphatic carbocycles. The Bertz CT molecular complexity index is 306. The van der Waals surface area contributed by atoms with Gasteiger partial charge in [0.05, 0.1) is 0 Å². The summed E-state index contributed by atoms with van der Waals surface area (Å²) >= 11 is 0. The molecule has 0 aromatic heterocycles. The third-order valence-corrected chi connectivity index (χ3v) is 5.23. The monoisotopic (exact) mass is 326 g/mol. The maximum Gasteiger partial charge on any atom is 0.0197 e. The first-order valence-corrected chi connectivity index (χ1v) is 9.73. The molecule has 2 heterocycles. The Kier molecular flexibility index (Phi) is 9.67. The second-order valence-electron chi connectivity index (χ2n) is 8.07. The quantitative estimate of drug-likeness (QED) is 0.841. The summed E-state index contributed by atoms with van der Waals surface area (Å²) < 4.78 is 0. The molecule has 0 bridgehead atoms. The molecule has 1 N–H and O–H groups in total. The zero-order valence-corrected chi connectivity index (χ0v) is 16.8. The van der Waals surface area contributed by atoms with Crippen molar-refractivity contribution in [1.82, 2.24) is 20.0 Å². The number of hydrogen-bond donors (Lipinski definition) is 1. The van der Waals surface area contributed by atoms with E-state index in [0.29, 0.717) is 18.1 Å². The van der Waals surface area contributed by atoms with Gasteiger partial charge in [-0.2, -0.15) is 0 Å². The van der Waals surface area contributed by atoms with E-state index in [2.05, 4.69) is 68.6 Å². The molecule has 138 valence electrons. The van der Waals surface area contributed by atoms with Gasteiger partial charge in [0.1, 0.15) is 0 Å². The van der Waals surface area contributed by atoms with E-state index >= 15 is 0 Å². The Hall–Kier alpha value is -0.160. The van der Waals surface area contributed by atoms with Gasteiger partial charge in [-0.15, -0.1) is 0 Å². The number of nitrogens with zero attached hydrogens (tertiary/aromatic N) is 3. The van der Waals surface area contributed by atoms with Crippen LogP contribution in [-0.2, 0) is 0 Å². The molecule has 1 unspecified atom stereocenters. The lowest BCUT2D eigenvalue weighted by molar-refractivity contribution is 0.162. The molecule has 2 saturated heterocycles. The molecule has 4 nitrogen and oxygen atoms in total. The van der Waals surface area contributed by atoms with Crippen molar-refractivity contribution in [3.05, 3.63) is 0 Å². The Balaban J connectivity index is 0.000000231. The zero-order chi connectivity index (χ0) is 17.4. The van der Waals surface area contributed by atoms with E-state index in [1.165, 1.54) is 45.6 Å². The van der Waals surface area contributed by atoms with Gasteiger partial charge in [-0.05, 0) is 81.1 Å². The molecule has 23 heavy (non-hydrogen) atoms. The molecular formula is C19H42N4. The average molecular weight is 327 g/mol. The van der Waals surface area contributed by atoms with Crippen molar-refractivity contribution in [2.75, 3.05) is 46.3 Å². The molecule has 2 aliphatic heterocycles. The lowest BCUT2D eigenvalue weighted by atomic mass is 10.2. The fourth-order valence-electron chi connectivity index (χ4n) is 3.70. The van der Waals surface area contributed by atoms with Crippen LogP contribution in [0.2, 0.25) is 0 Å². The van der Waals surface area contributed by atoms with Crippen molar-refractivity contribution in [3.63, 3.8) is 0 Å². The van der Waals surface area contributed by atoms with Gasteiger partial charge in [-0.25, -0.2) is 0 Å². The summed E-state index contributed by atoms with van der Waals surface area (Å²) in [5.41, 5.74) is 0. The molecule has 4 heteroatoms. The van der Waals surface area contributed by atoms with Crippen LogP contribution >= 0.6 is 0 Å². The van der Waals surface area contributed by atoms with Crippen LogP contribution in [0.4, 0.5) is 0 Å². The van der Waals surface area contributed by atoms with Crippen LogP contribution in [0, 0.1) is 0 Å². The van der Waals surface area contributed by atoms with Crippen molar-refractivity contribution in [1.29, 1.82) is 0 Å². The van der Waals surface area contributed by atoms with E-state index < -0.39 is 0 Å². The normalized spacial score (nSPS) is 29.1. The summed E-state index contributed by atoms with van der Waals surface area (Å²) in [7, 11) is 2.22. The summed E-state index contributed by atoms with van der Waals surface area (Å²) in [5, 5.41) is 3.49. The van der Waals surface area contributed by atoms with E-state index in [1.54, 1.807) is 0 Å². The van der Waals surface area contributed by atoms with E-state index in [9.17, 15) is 0 Å². The molecule has 0 aromatic carbocycles. The smallest absolute Gasteiger partial charge is 0.0197 e. The fraction of sp³-hybridized carbons (Fsp3) is 1.00.